The second kappa shape index (κ2) is 5.38. The number of aliphatic hydroxyl groups is 1. The maximum Gasteiger partial charge on any atom is 0.161 e. The van der Waals surface area contributed by atoms with Crippen LogP contribution in [-0.2, 0) is 11.2 Å². The topological polar surface area (TPSA) is 54.4 Å². The first-order valence-corrected chi connectivity index (χ1v) is 6.46. The van der Waals surface area contributed by atoms with Gasteiger partial charge in [0.1, 0.15) is 0 Å². The third-order valence-corrected chi connectivity index (χ3v) is 3.88. The fourth-order valence-electron chi connectivity index (χ4n) is 1.97. The monoisotopic (exact) mass is 250 g/mol. The van der Waals surface area contributed by atoms with Crippen LogP contribution < -0.4 is 0 Å². The number of hydrogen-bond acceptors (Lipinski definition) is 4. The number of ketones is 1. The van der Waals surface area contributed by atoms with Gasteiger partial charge in [-0.25, -0.2) is 0 Å². The molecule has 1 aliphatic rings. The molecular formula is C13H14O3S. The van der Waals surface area contributed by atoms with Gasteiger partial charge in [0, 0.05) is 11.3 Å². The molecule has 90 valence electrons. The summed E-state index contributed by atoms with van der Waals surface area (Å²) in [4.78, 5) is 23.8. The molecule has 0 aromatic carbocycles. The predicted octanol–water partition coefficient (Wildman–Crippen LogP) is 2.14. The van der Waals surface area contributed by atoms with Crippen LogP contribution in [0.3, 0.4) is 0 Å². The molecule has 3 nitrogen and oxygen atoms in total. The minimum absolute atomic E-state index is 0.0669. The maximum atomic E-state index is 11.4. The Morgan fingerprint density at radius 1 is 1.41 bits per heavy atom. The van der Waals surface area contributed by atoms with Crippen molar-refractivity contribution in [2.45, 2.75) is 31.8 Å². The lowest BCUT2D eigenvalue weighted by molar-refractivity contribution is -0.115. The molecule has 1 aliphatic carbocycles. The predicted molar refractivity (Wildman–Crippen MR) is 66.4 cm³/mol. The van der Waals surface area contributed by atoms with Gasteiger partial charge < -0.3 is 5.11 Å². The van der Waals surface area contributed by atoms with Crippen LogP contribution in [0.2, 0.25) is 0 Å². The third kappa shape index (κ3) is 3.11. The van der Waals surface area contributed by atoms with Gasteiger partial charge in [-0.2, -0.15) is 0 Å². The first-order chi connectivity index (χ1) is 8.19. The molecule has 0 spiro atoms. The highest BCUT2D eigenvalue weighted by Gasteiger charge is 2.21. The minimum atomic E-state index is -0.582. The Balaban J connectivity index is 1.81. The Morgan fingerprint density at radius 3 is 2.82 bits per heavy atom. The number of allylic oxidation sites excluding steroid dienone is 1. The van der Waals surface area contributed by atoms with E-state index in [-0.39, 0.29) is 12.2 Å². The maximum absolute atomic E-state index is 11.4. The average molecular weight is 250 g/mol. The lowest BCUT2D eigenvalue weighted by Gasteiger charge is -1.99. The van der Waals surface area contributed by atoms with Crippen molar-refractivity contribution in [2.75, 3.05) is 0 Å². The van der Waals surface area contributed by atoms with E-state index in [1.165, 1.54) is 16.2 Å². The number of aldehydes is 1. The number of Topliss-reactive ketones (excluding diaryl/α,β-unsaturated/α-hetero) is 1. The lowest BCUT2D eigenvalue weighted by Crippen LogP contribution is -2.01. The van der Waals surface area contributed by atoms with Gasteiger partial charge in [-0.3, -0.25) is 9.59 Å². The minimum Gasteiger partial charge on any atom is -0.389 e. The quantitative estimate of drug-likeness (QED) is 0.815. The zero-order chi connectivity index (χ0) is 12.3. The van der Waals surface area contributed by atoms with Crippen molar-refractivity contribution in [3.63, 3.8) is 0 Å². The molecule has 1 aromatic heterocycles. The summed E-state index contributed by atoms with van der Waals surface area (Å²) in [5.74, 6) is 0.0669. The Labute approximate surface area is 104 Å². The molecule has 0 unspecified atom stereocenters. The van der Waals surface area contributed by atoms with E-state index in [1.54, 1.807) is 6.08 Å². The summed E-state index contributed by atoms with van der Waals surface area (Å²) >= 11 is 1.49. The largest absolute Gasteiger partial charge is 0.389 e. The molecule has 1 aromatic rings. The number of hydrogen-bond donors (Lipinski definition) is 1. The van der Waals surface area contributed by atoms with Crippen LogP contribution >= 0.6 is 11.3 Å². The molecule has 4 heteroatoms. The van der Waals surface area contributed by atoms with Crippen molar-refractivity contribution in [1.29, 1.82) is 0 Å². The summed E-state index contributed by atoms with van der Waals surface area (Å²) in [6.45, 7) is 0. The van der Waals surface area contributed by atoms with Crippen LogP contribution in [0, 0.1) is 0 Å². The molecule has 1 atom stereocenters. The molecule has 0 saturated carbocycles. The summed E-state index contributed by atoms with van der Waals surface area (Å²) in [5.41, 5.74) is 0.754. The van der Waals surface area contributed by atoms with Crippen LogP contribution in [0.25, 0.3) is 0 Å². The lowest BCUT2D eigenvalue weighted by atomic mass is 10.1. The van der Waals surface area contributed by atoms with E-state index in [1.807, 2.05) is 12.1 Å². The molecule has 1 N–H and O–H groups in total. The van der Waals surface area contributed by atoms with Crippen molar-refractivity contribution in [1.82, 2.24) is 0 Å². The van der Waals surface area contributed by atoms with Crippen molar-refractivity contribution in [2.24, 2.45) is 0 Å². The van der Waals surface area contributed by atoms with Crippen LogP contribution in [0.1, 0.15) is 33.8 Å². The smallest absolute Gasteiger partial charge is 0.161 e. The number of thiophene rings is 1. The number of aryl methyl sites for hydroxylation is 1. The standard InChI is InChI=1S/C13H14O3S/c14-8-12-5-4-11(17-12)3-1-2-9-6-10(15)7-13(9)16/h4-6,8,10,15H,1-3,7H2/t10-/m0/s1. The molecule has 2 rings (SSSR count). The van der Waals surface area contributed by atoms with Crippen LogP contribution in [0.4, 0.5) is 0 Å². The van der Waals surface area contributed by atoms with Gasteiger partial charge in [-0.1, -0.05) is 0 Å². The molecule has 0 bridgehead atoms. The highest BCUT2D eigenvalue weighted by molar-refractivity contribution is 7.13. The van der Waals surface area contributed by atoms with Gasteiger partial charge in [0.05, 0.1) is 11.0 Å². The molecular weight excluding hydrogens is 236 g/mol. The SMILES string of the molecule is O=Cc1ccc(CCCC2=C[C@H](O)CC2=O)s1. The van der Waals surface area contributed by atoms with E-state index < -0.39 is 6.10 Å². The van der Waals surface area contributed by atoms with Gasteiger partial charge in [-0.05, 0) is 43.0 Å². The molecule has 17 heavy (non-hydrogen) atoms. The normalized spacial score (nSPS) is 19.5. The summed E-state index contributed by atoms with van der Waals surface area (Å²) in [6, 6.07) is 3.77. The fourth-order valence-corrected chi connectivity index (χ4v) is 2.84. The van der Waals surface area contributed by atoms with Crippen molar-refractivity contribution >= 4 is 23.4 Å². The van der Waals surface area contributed by atoms with Gasteiger partial charge >= 0.3 is 0 Å². The van der Waals surface area contributed by atoms with Gasteiger partial charge in [0.25, 0.3) is 0 Å². The van der Waals surface area contributed by atoms with Crippen LogP contribution in [0.5, 0.6) is 0 Å². The molecule has 0 radical (unpaired) electrons. The molecule has 1 heterocycles. The van der Waals surface area contributed by atoms with Crippen LogP contribution in [0.15, 0.2) is 23.8 Å². The van der Waals surface area contributed by atoms with E-state index in [9.17, 15) is 14.7 Å². The molecule has 0 saturated heterocycles. The molecule has 0 fully saturated rings. The summed E-state index contributed by atoms with van der Waals surface area (Å²) < 4.78 is 0. The Kier molecular flexibility index (Phi) is 3.86. The second-order valence-corrected chi connectivity index (χ2v) is 5.36. The first kappa shape index (κ1) is 12.2. The van der Waals surface area contributed by atoms with E-state index in [0.717, 1.165) is 29.6 Å². The van der Waals surface area contributed by atoms with E-state index in [4.69, 9.17) is 0 Å². The third-order valence-electron chi connectivity index (χ3n) is 2.81. The Hall–Kier alpha value is -1.26. The summed E-state index contributed by atoms with van der Waals surface area (Å²) in [5, 5.41) is 9.29. The number of rotatable bonds is 5. The molecule has 0 aliphatic heterocycles. The number of carbonyl (C=O) groups excluding carboxylic acids is 2. The Bertz CT molecular complexity index is 459. The zero-order valence-corrected chi connectivity index (χ0v) is 10.2. The second-order valence-electron chi connectivity index (χ2n) is 4.16. The van der Waals surface area contributed by atoms with Crippen molar-refractivity contribution in [3.8, 4) is 0 Å². The Morgan fingerprint density at radius 2 is 2.24 bits per heavy atom. The number of aliphatic hydroxyl groups excluding tert-OH is 1. The molecule has 0 amide bonds. The fraction of sp³-hybridized carbons (Fsp3) is 0.385. The number of carbonyl (C=O) groups is 2. The van der Waals surface area contributed by atoms with E-state index >= 15 is 0 Å². The van der Waals surface area contributed by atoms with Crippen LogP contribution in [-0.4, -0.2) is 23.3 Å². The zero-order valence-electron chi connectivity index (χ0n) is 9.39. The first-order valence-electron chi connectivity index (χ1n) is 5.65. The van der Waals surface area contributed by atoms with Gasteiger partial charge in [-0.15, -0.1) is 11.3 Å². The van der Waals surface area contributed by atoms with Gasteiger partial charge in [0.15, 0.2) is 12.1 Å². The highest BCUT2D eigenvalue weighted by atomic mass is 32.1. The van der Waals surface area contributed by atoms with E-state index in [0.29, 0.717) is 6.42 Å². The van der Waals surface area contributed by atoms with Gasteiger partial charge in [0.2, 0.25) is 0 Å². The summed E-state index contributed by atoms with van der Waals surface area (Å²) in [7, 11) is 0. The average Bonchev–Trinajstić information content (AvgIpc) is 2.86. The van der Waals surface area contributed by atoms with Crippen molar-refractivity contribution < 1.29 is 14.7 Å². The highest BCUT2D eigenvalue weighted by Crippen LogP contribution is 2.22. The van der Waals surface area contributed by atoms with E-state index in [2.05, 4.69) is 0 Å². The van der Waals surface area contributed by atoms with Crippen molar-refractivity contribution in [3.05, 3.63) is 33.5 Å². The summed E-state index contributed by atoms with van der Waals surface area (Å²) in [6.07, 6.45) is 4.64.